The lowest BCUT2D eigenvalue weighted by Gasteiger charge is -2.47. The Bertz CT molecular complexity index is 476. The molecule has 3 nitrogen and oxygen atoms in total. The Morgan fingerprint density at radius 2 is 1.75 bits per heavy atom. The molecule has 0 unspecified atom stereocenters. The van der Waals surface area contributed by atoms with E-state index >= 15 is 0 Å². The molecule has 0 saturated carbocycles. The molecule has 0 N–H and O–H groups in total. The van der Waals surface area contributed by atoms with Crippen molar-refractivity contribution in [1.29, 1.82) is 0 Å². The molecule has 1 aromatic rings. The lowest BCUT2D eigenvalue weighted by atomic mass is 9.71. The number of anilines is 1. The highest BCUT2D eigenvalue weighted by molar-refractivity contribution is 14.1. The fourth-order valence-electron chi connectivity index (χ4n) is 3.46. The second kappa shape index (κ2) is 5.97. The predicted octanol–water partition coefficient (Wildman–Crippen LogP) is 3.65. The normalized spacial score (nSPS) is 23.2. The lowest BCUT2D eigenvalue weighted by Crippen LogP contribution is -2.46. The molecule has 3 heterocycles. The molecule has 0 atom stereocenters. The highest BCUT2D eigenvalue weighted by Crippen LogP contribution is 2.42. The van der Waals surface area contributed by atoms with Crippen LogP contribution in [0.2, 0.25) is 5.15 Å². The van der Waals surface area contributed by atoms with E-state index in [9.17, 15) is 0 Å². The molecule has 20 heavy (non-hydrogen) atoms. The van der Waals surface area contributed by atoms with Crippen LogP contribution in [0.1, 0.15) is 25.7 Å². The predicted molar refractivity (Wildman–Crippen MR) is 92.6 cm³/mol. The number of rotatable bonds is 1. The third-order valence-corrected chi connectivity index (χ3v) is 6.05. The molecular weight excluding hydrogens is 385 g/mol. The second-order valence-electron chi connectivity index (χ2n) is 6.25. The minimum absolute atomic E-state index is 0.597. The Kier molecular flexibility index (Phi) is 4.43. The van der Waals surface area contributed by atoms with Gasteiger partial charge in [-0.3, -0.25) is 0 Å². The van der Waals surface area contributed by atoms with Gasteiger partial charge in [0, 0.05) is 19.3 Å². The van der Waals surface area contributed by atoms with Gasteiger partial charge in [0.25, 0.3) is 0 Å². The van der Waals surface area contributed by atoms with E-state index in [0.717, 1.165) is 13.1 Å². The first kappa shape index (κ1) is 14.9. The van der Waals surface area contributed by atoms with E-state index in [4.69, 9.17) is 11.6 Å². The average Bonchev–Trinajstić information content (AvgIpc) is 2.46. The third kappa shape index (κ3) is 3.07. The molecule has 0 amide bonds. The number of likely N-dealkylation sites (tertiary alicyclic amines) is 1. The van der Waals surface area contributed by atoms with E-state index in [2.05, 4.69) is 44.4 Å². The topological polar surface area (TPSA) is 19.4 Å². The fourth-order valence-corrected chi connectivity index (χ4v) is 4.25. The SMILES string of the molecule is CN1CCC2(CC1)CCN(c1cc(Cl)ncc1I)CC2. The molecule has 2 aliphatic rings. The average molecular weight is 406 g/mol. The van der Waals surface area contributed by atoms with Crippen LogP contribution in [0.25, 0.3) is 0 Å². The lowest BCUT2D eigenvalue weighted by molar-refractivity contribution is 0.0944. The highest BCUT2D eigenvalue weighted by atomic mass is 127. The Balaban J connectivity index is 1.68. The van der Waals surface area contributed by atoms with Crippen LogP contribution in [-0.4, -0.2) is 43.1 Å². The maximum atomic E-state index is 6.05. The number of aromatic nitrogens is 1. The third-order valence-electron chi connectivity index (χ3n) is 5.01. The fraction of sp³-hybridized carbons (Fsp3) is 0.667. The van der Waals surface area contributed by atoms with Gasteiger partial charge in [-0.15, -0.1) is 0 Å². The van der Waals surface area contributed by atoms with Crippen molar-refractivity contribution in [2.75, 3.05) is 38.1 Å². The second-order valence-corrected chi connectivity index (χ2v) is 7.80. The summed E-state index contributed by atoms with van der Waals surface area (Å²) < 4.78 is 1.20. The molecule has 0 aromatic carbocycles. The maximum absolute atomic E-state index is 6.05. The molecule has 2 saturated heterocycles. The largest absolute Gasteiger partial charge is 0.371 e. The zero-order valence-electron chi connectivity index (χ0n) is 11.9. The number of hydrogen-bond acceptors (Lipinski definition) is 3. The number of pyridine rings is 1. The van der Waals surface area contributed by atoms with Crippen molar-refractivity contribution >= 4 is 39.9 Å². The Morgan fingerprint density at radius 1 is 1.15 bits per heavy atom. The van der Waals surface area contributed by atoms with Crippen LogP contribution in [-0.2, 0) is 0 Å². The summed E-state index contributed by atoms with van der Waals surface area (Å²) in [7, 11) is 2.24. The first-order valence-electron chi connectivity index (χ1n) is 7.33. The molecule has 0 bridgehead atoms. The minimum Gasteiger partial charge on any atom is -0.371 e. The molecule has 1 aromatic heterocycles. The summed E-state index contributed by atoms with van der Waals surface area (Å²) in [5.41, 5.74) is 1.86. The van der Waals surface area contributed by atoms with Gasteiger partial charge in [-0.1, -0.05) is 11.6 Å². The molecule has 110 valence electrons. The van der Waals surface area contributed by atoms with Crippen LogP contribution >= 0.6 is 34.2 Å². The zero-order valence-corrected chi connectivity index (χ0v) is 14.8. The van der Waals surface area contributed by atoms with E-state index in [1.165, 1.54) is 48.0 Å². The van der Waals surface area contributed by atoms with Gasteiger partial charge in [-0.25, -0.2) is 4.98 Å². The van der Waals surface area contributed by atoms with Crippen LogP contribution in [0.3, 0.4) is 0 Å². The van der Waals surface area contributed by atoms with Gasteiger partial charge in [0.2, 0.25) is 0 Å². The zero-order chi connectivity index (χ0) is 14.2. The number of hydrogen-bond donors (Lipinski definition) is 0. The van der Waals surface area contributed by atoms with Crippen LogP contribution < -0.4 is 4.90 Å². The van der Waals surface area contributed by atoms with Gasteiger partial charge in [0.05, 0.1) is 9.26 Å². The summed E-state index contributed by atoms with van der Waals surface area (Å²) in [5, 5.41) is 0.597. The highest BCUT2D eigenvalue weighted by Gasteiger charge is 2.37. The van der Waals surface area contributed by atoms with Crippen molar-refractivity contribution in [2.24, 2.45) is 5.41 Å². The van der Waals surface area contributed by atoms with Crippen LogP contribution in [0.5, 0.6) is 0 Å². The van der Waals surface area contributed by atoms with E-state index in [1.807, 2.05) is 12.3 Å². The summed E-state index contributed by atoms with van der Waals surface area (Å²) in [6.45, 7) is 4.83. The van der Waals surface area contributed by atoms with Crippen LogP contribution in [0.15, 0.2) is 12.3 Å². The van der Waals surface area contributed by atoms with Gasteiger partial charge in [0.1, 0.15) is 5.15 Å². The minimum atomic E-state index is 0.597. The van der Waals surface area contributed by atoms with Gasteiger partial charge in [0.15, 0.2) is 0 Å². The standard InChI is InChI=1S/C15H21ClIN3/c1-19-6-2-15(3-7-19)4-8-20(9-5-15)13-10-14(16)18-11-12(13)17/h10-11H,2-9H2,1H3. The van der Waals surface area contributed by atoms with Crippen LogP contribution in [0, 0.1) is 8.99 Å². The molecule has 3 rings (SSSR count). The van der Waals surface area contributed by atoms with E-state index < -0.39 is 0 Å². The van der Waals surface area contributed by atoms with E-state index in [-0.39, 0.29) is 0 Å². The van der Waals surface area contributed by atoms with Gasteiger partial charge < -0.3 is 9.80 Å². The summed E-state index contributed by atoms with van der Waals surface area (Å²) in [4.78, 5) is 9.10. The summed E-state index contributed by atoms with van der Waals surface area (Å²) in [5.74, 6) is 0. The van der Waals surface area contributed by atoms with Gasteiger partial charge in [-0.05, 0) is 79.9 Å². The van der Waals surface area contributed by atoms with E-state index in [0.29, 0.717) is 10.6 Å². The van der Waals surface area contributed by atoms with Crippen molar-refractivity contribution in [1.82, 2.24) is 9.88 Å². The number of nitrogens with zero attached hydrogens (tertiary/aromatic N) is 3. The summed E-state index contributed by atoms with van der Waals surface area (Å²) in [6.07, 6.45) is 7.24. The number of piperidine rings is 2. The molecule has 0 aliphatic carbocycles. The monoisotopic (exact) mass is 405 g/mol. The van der Waals surface area contributed by atoms with Crippen molar-refractivity contribution in [3.8, 4) is 0 Å². The smallest absolute Gasteiger partial charge is 0.131 e. The maximum Gasteiger partial charge on any atom is 0.131 e. The van der Waals surface area contributed by atoms with Gasteiger partial charge in [-0.2, -0.15) is 0 Å². The Hall–Kier alpha value is -0.0700. The summed E-state index contributed by atoms with van der Waals surface area (Å²) >= 11 is 8.41. The Labute approximate surface area is 139 Å². The first-order valence-corrected chi connectivity index (χ1v) is 8.78. The molecule has 2 fully saturated rings. The van der Waals surface area contributed by atoms with Crippen molar-refractivity contribution in [2.45, 2.75) is 25.7 Å². The quantitative estimate of drug-likeness (QED) is 0.525. The summed E-state index contributed by atoms with van der Waals surface area (Å²) in [6, 6.07) is 2.01. The Morgan fingerprint density at radius 3 is 2.40 bits per heavy atom. The van der Waals surface area contributed by atoms with E-state index in [1.54, 1.807) is 0 Å². The van der Waals surface area contributed by atoms with Gasteiger partial charge >= 0.3 is 0 Å². The molecule has 5 heteroatoms. The molecule has 2 aliphatic heterocycles. The van der Waals surface area contributed by atoms with Crippen molar-refractivity contribution < 1.29 is 0 Å². The van der Waals surface area contributed by atoms with Crippen molar-refractivity contribution in [3.63, 3.8) is 0 Å². The first-order chi connectivity index (χ1) is 9.58. The molecular formula is C15H21ClIN3. The number of halogens is 2. The molecule has 1 spiro atoms. The molecule has 0 radical (unpaired) electrons. The van der Waals surface area contributed by atoms with Crippen LogP contribution in [0.4, 0.5) is 5.69 Å². The van der Waals surface area contributed by atoms with Crippen molar-refractivity contribution in [3.05, 3.63) is 21.0 Å².